The fourth-order valence-corrected chi connectivity index (χ4v) is 2.54. The summed E-state index contributed by atoms with van der Waals surface area (Å²) in [6, 6.07) is 9.93. The zero-order valence-corrected chi connectivity index (χ0v) is 14.3. The summed E-state index contributed by atoms with van der Waals surface area (Å²) in [7, 11) is 1.97. The number of likely N-dealkylation sites (tertiary alicyclic amines) is 1. The van der Waals surface area contributed by atoms with Crippen LogP contribution in [0.3, 0.4) is 0 Å². The summed E-state index contributed by atoms with van der Waals surface area (Å²) in [6.45, 7) is 1.58. The molecule has 2 heterocycles. The summed E-state index contributed by atoms with van der Waals surface area (Å²) < 4.78 is 10.6. The largest absolute Gasteiger partial charge is 0.514 e. The summed E-state index contributed by atoms with van der Waals surface area (Å²) >= 11 is 0. The highest BCUT2D eigenvalue weighted by Crippen LogP contribution is 2.30. The number of hydrogen-bond donors (Lipinski definition) is 2. The number of carbonyl (C=O) groups excluding carboxylic acids is 1. The SMILES string of the molecule is CN1CCC(OC(=O)Oc2ccccc2/N=N/c2ccc(N)nc2N)C1. The first kappa shape index (κ1) is 17.6. The van der Waals surface area contributed by atoms with Gasteiger partial charge in [-0.2, -0.15) is 0 Å². The summed E-state index contributed by atoms with van der Waals surface area (Å²) in [6.07, 6.45) is -0.139. The van der Waals surface area contributed by atoms with Crippen LogP contribution in [0, 0.1) is 0 Å². The second-order valence-corrected chi connectivity index (χ2v) is 5.95. The summed E-state index contributed by atoms with van der Waals surface area (Å²) in [4.78, 5) is 18.0. The van der Waals surface area contributed by atoms with E-state index in [1.807, 2.05) is 7.05 Å². The van der Waals surface area contributed by atoms with E-state index in [-0.39, 0.29) is 17.7 Å². The topological polar surface area (TPSA) is 128 Å². The Morgan fingerprint density at radius 2 is 1.96 bits per heavy atom. The number of para-hydroxylation sites is 1. The summed E-state index contributed by atoms with van der Waals surface area (Å²) in [5.74, 6) is 0.706. The van der Waals surface area contributed by atoms with Crippen molar-refractivity contribution < 1.29 is 14.3 Å². The number of benzene rings is 1. The molecule has 4 N–H and O–H groups in total. The van der Waals surface area contributed by atoms with Crippen LogP contribution >= 0.6 is 0 Å². The van der Waals surface area contributed by atoms with Crippen LogP contribution in [0.4, 0.5) is 27.8 Å². The Balaban J connectivity index is 1.69. The molecule has 9 heteroatoms. The van der Waals surface area contributed by atoms with Gasteiger partial charge in [-0.1, -0.05) is 12.1 Å². The van der Waals surface area contributed by atoms with Gasteiger partial charge in [0.25, 0.3) is 0 Å². The van der Waals surface area contributed by atoms with Gasteiger partial charge in [0.1, 0.15) is 23.3 Å². The van der Waals surface area contributed by atoms with E-state index in [0.717, 1.165) is 13.0 Å². The third-order valence-electron chi connectivity index (χ3n) is 3.86. The van der Waals surface area contributed by atoms with Gasteiger partial charge in [0.05, 0.1) is 0 Å². The van der Waals surface area contributed by atoms with Crippen LogP contribution in [0.15, 0.2) is 46.6 Å². The lowest BCUT2D eigenvalue weighted by molar-refractivity contribution is 0.0629. The Bertz CT molecular complexity index is 826. The molecule has 0 aliphatic carbocycles. The molecule has 1 unspecified atom stereocenters. The molecule has 1 aromatic heterocycles. The van der Waals surface area contributed by atoms with Crippen LogP contribution in [0.25, 0.3) is 0 Å². The van der Waals surface area contributed by atoms with Crippen LogP contribution in [-0.2, 0) is 4.74 Å². The van der Waals surface area contributed by atoms with Crippen molar-refractivity contribution >= 4 is 29.2 Å². The predicted molar refractivity (Wildman–Crippen MR) is 96.7 cm³/mol. The summed E-state index contributed by atoms with van der Waals surface area (Å²) in [5, 5.41) is 8.13. The molecule has 1 saturated heterocycles. The van der Waals surface area contributed by atoms with Crippen molar-refractivity contribution in [1.82, 2.24) is 9.88 Å². The normalized spacial score (nSPS) is 17.5. The van der Waals surface area contributed by atoms with Crippen molar-refractivity contribution in [3.05, 3.63) is 36.4 Å². The quantitative estimate of drug-likeness (QED) is 0.489. The molecule has 1 fully saturated rings. The maximum atomic E-state index is 12.0. The number of carbonyl (C=O) groups is 1. The highest BCUT2D eigenvalue weighted by Gasteiger charge is 2.24. The van der Waals surface area contributed by atoms with Crippen LogP contribution in [0.5, 0.6) is 5.75 Å². The minimum atomic E-state index is -0.762. The fraction of sp³-hybridized carbons (Fsp3) is 0.294. The Morgan fingerprint density at radius 1 is 1.19 bits per heavy atom. The summed E-state index contributed by atoms with van der Waals surface area (Å²) in [5.41, 5.74) is 12.0. The van der Waals surface area contributed by atoms with Crippen LogP contribution in [0.2, 0.25) is 0 Å². The number of nitrogen functional groups attached to an aromatic ring is 2. The lowest BCUT2D eigenvalue weighted by Gasteiger charge is -2.12. The maximum absolute atomic E-state index is 12.0. The van der Waals surface area contributed by atoms with Crippen molar-refractivity contribution in [2.75, 3.05) is 31.6 Å². The molecule has 1 aliphatic heterocycles. The maximum Gasteiger partial charge on any atom is 0.514 e. The number of rotatable bonds is 4. The van der Waals surface area contributed by atoms with Gasteiger partial charge in [0, 0.05) is 13.1 Å². The van der Waals surface area contributed by atoms with Gasteiger partial charge < -0.3 is 25.8 Å². The number of ether oxygens (including phenoxy) is 2. The third kappa shape index (κ3) is 4.45. The van der Waals surface area contributed by atoms with Gasteiger partial charge in [-0.25, -0.2) is 9.78 Å². The first-order chi connectivity index (χ1) is 12.5. The van der Waals surface area contributed by atoms with Crippen LogP contribution < -0.4 is 16.2 Å². The smallest absolute Gasteiger partial charge is 0.429 e. The van der Waals surface area contributed by atoms with E-state index in [2.05, 4.69) is 20.1 Å². The number of pyridine rings is 1. The number of azo groups is 1. The fourth-order valence-electron chi connectivity index (χ4n) is 2.54. The molecule has 26 heavy (non-hydrogen) atoms. The molecule has 0 saturated carbocycles. The molecular weight excluding hydrogens is 336 g/mol. The highest BCUT2D eigenvalue weighted by atomic mass is 16.7. The van der Waals surface area contributed by atoms with Crippen LogP contribution in [-0.4, -0.2) is 42.3 Å². The Hall–Kier alpha value is -3.20. The molecule has 1 aliphatic rings. The minimum Gasteiger partial charge on any atom is -0.429 e. The predicted octanol–water partition coefficient (Wildman–Crippen LogP) is 2.88. The van der Waals surface area contributed by atoms with Gasteiger partial charge in [-0.15, -0.1) is 10.2 Å². The van der Waals surface area contributed by atoms with Crippen molar-refractivity contribution in [3.8, 4) is 5.75 Å². The van der Waals surface area contributed by atoms with Crippen molar-refractivity contribution in [2.45, 2.75) is 12.5 Å². The van der Waals surface area contributed by atoms with Crippen molar-refractivity contribution in [3.63, 3.8) is 0 Å². The van der Waals surface area contributed by atoms with Crippen molar-refractivity contribution in [1.29, 1.82) is 0 Å². The average Bonchev–Trinajstić information content (AvgIpc) is 3.00. The number of nitrogens with two attached hydrogens (primary N) is 2. The molecule has 1 aromatic carbocycles. The lowest BCUT2D eigenvalue weighted by atomic mass is 10.3. The Labute approximate surface area is 150 Å². The molecule has 0 spiro atoms. The van der Waals surface area contributed by atoms with E-state index in [1.165, 1.54) is 0 Å². The molecule has 3 rings (SSSR count). The molecule has 0 bridgehead atoms. The number of anilines is 2. The van der Waals surface area contributed by atoms with E-state index in [1.54, 1.807) is 36.4 Å². The molecule has 0 amide bonds. The monoisotopic (exact) mass is 356 g/mol. The second-order valence-electron chi connectivity index (χ2n) is 5.95. The lowest BCUT2D eigenvalue weighted by Crippen LogP contribution is -2.23. The molecule has 1 atom stereocenters. The molecule has 2 aromatic rings. The van der Waals surface area contributed by atoms with Crippen LogP contribution in [0.1, 0.15) is 6.42 Å². The number of likely N-dealkylation sites (N-methyl/N-ethyl adjacent to an activating group) is 1. The first-order valence-corrected chi connectivity index (χ1v) is 8.11. The second kappa shape index (κ2) is 7.79. The van der Waals surface area contributed by atoms with E-state index in [0.29, 0.717) is 23.7 Å². The highest BCUT2D eigenvalue weighted by molar-refractivity contribution is 5.68. The van der Waals surface area contributed by atoms with Gasteiger partial charge in [-0.3, -0.25) is 0 Å². The first-order valence-electron chi connectivity index (χ1n) is 8.11. The molecule has 9 nitrogen and oxygen atoms in total. The zero-order chi connectivity index (χ0) is 18.5. The van der Waals surface area contributed by atoms with E-state index in [9.17, 15) is 4.79 Å². The Morgan fingerprint density at radius 3 is 2.69 bits per heavy atom. The van der Waals surface area contributed by atoms with E-state index >= 15 is 0 Å². The molecule has 136 valence electrons. The third-order valence-corrected chi connectivity index (χ3v) is 3.86. The molecular formula is C17H20N6O3. The van der Waals surface area contributed by atoms with Crippen molar-refractivity contribution in [2.24, 2.45) is 10.2 Å². The Kier molecular flexibility index (Phi) is 5.28. The minimum absolute atomic E-state index is 0.164. The number of nitrogens with zero attached hydrogens (tertiary/aromatic N) is 4. The zero-order valence-electron chi connectivity index (χ0n) is 14.3. The number of hydrogen-bond acceptors (Lipinski definition) is 9. The van der Waals surface area contributed by atoms with E-state index < -0.39 is 6.16 Å². The standard InChI is InChI=1S/C17H20N6O3/c1-23-9-8-11(10-23)25-17(24)26-14-5-3-2-4-12(14)21-22-13-6-7-15(18)20-16(13)19/h2-7,11H,8-10H2,1H3,(H4,18,19,20)/b22-21+. The number of aromatic nitrogens is 1. The van der Waals surface area contributed by atoms with Gasteiger partial charge in [0.15, 0.2) is 11.6 Å². The van der Waals surface area contributed by atoms with Gasteiger partial charge in [-0.05, 0) is 37.7 Å². The molecule has 0 radical (unpaired) electrons. The van der Waals surface area contributed by atoms with Gasteiger partial charge in [0.2, 0.25) is 0 Å². The van der Waals surface area contributed by atoms with E-state index in [4.69, 9.17) is 20.9 Å². The average molecular weight is 356 g/mol. The van der Waals surface area contributed by atoms with Gasteiger partial charge >= 0.3 is 6.16 Å².